The predicted octanol–water partition coefficient (Wildman–Crippen LogP) is -0.0972. The van der Waals surface area contributed by atoms with Crippen LogP contribution in [-0.4, -0.2) is 68.7 Å². The summed E-state index contributed by atoms with van der Waals surface area (Å²) >= 11 is 0. The fraction of sp³-hybridized carbons (Fsp3) is 0.917. The number of carbonyl (C=O) groups is 1. The van der Waals surface area contributed by atoms with E-state index in [2.05, 4.69) is 28.6 Å². The molecule has 1 heterocycles. The van der Waals surface area contributed by atoms with Gasteiger partial charge in [0.1, 0.15) is 6.04 Å². The van der Waals surface area contributed by atoms with Crippen LogP contribution in [-0.2, 0) is 9.53 Å². The first-order valence-corrected chi connectivity index (χ1v) is 6.26. The van der Waals surface area contributed by atoms with Crippen LogP contribution in [0.2, 0.25) is 0 Å². The van der Waals surface area contributed by atoms with Crippen molar-refractivity contribution >= 4 is 5.97 Å². The zero-order chi connectivity index (χ0) is 12.8. The van der Waals surface area contributed by atoms with Crippen molar-refractivity contribution in [2.75, 3.05) is 40.8 Å². The molecule has 0 aromatic rings. The Morgan fingerprint density at radius 2 is 2.12 bits per heavy atom. The van der Waals surface area contributed by atoms with Crippen molar-refractivity contribution in [1.29, 1.82) is 0 Å². The highest BCUT2D eigenvalue weighted by Gasteiger charge is 2.21. The maximum Gasteiger partial charge on any atom is 0.322 e. The number of nitrogens with zero attached hydrogens (tertiary/aromatic N) is 2. The highest BCUT2D eigenvalue weighted by Crippen LogP contribution is 2.14. The van der Waals surface area contributed by atoms with Crippen molar-refractivity contribution in [3.8, 4) is 0 Å². The number of esters is 1. The molecule has 5 heteroatoms. The SMILES string of the molecule is COC(=O)C(N)CCN(C)C1CCN(C)CC1. The molecule has 0 amide bonds. The van der Waals surface area contributed by atoms with Crippen molar-refractivity contribution in [1.82, 2.24) is 9.80 Å². The highest BCUT2D eigenvalue weighted by molar-refractivity contribution is 5.75. The molecule has 100 valence electrons. The van der Waals surface area contributed by atoms with Gasteiger partial charge in [-0.15, -0.1) is 0 Å². The smallest absolute Gasteiger partial charge is 0.322 e. The third-order valence-corrected chi connectivity index (χ3v) is 3.61. The number of likely N-dealkylation sites (tertiary alicyclic amines) is 1. The zero-order valence-corrected chi connectivity index (χ0v) is 11.2. The Kier molecular flexibility index (Phi) is 5.88. The lowest BCUT2D eigenvalue weighted by molar-refractivity contribution is -0.142. The van der Waals surface area contributed by atoms with Crippen molar-refractivity contribution in [2.45, 2.75) is 31.3 Å². The van der Waals surface area contributed by atoms with Gasteiger partial charge in [-0.25, -0.2) is 0 Å². The van der Waals surface area contributed by atoms with Gasteiger partial charge < -0.3 is 20.3 Å². The standard InChI is InChI=1S/C12H25N3O2/c1-14-7-4-10(5-8-14)15(2)9-6-11(13)12(16)17-3/h10-11H,4-9,13H2,1-3H3. The largest absolute Gasteiger partial charge is 0.468 e. The average Bonchev–Trinajstić information content (AvgIpc) is 2.35. The third-order valence-electron chi connectivity index (χ3n) is 3.61. The molecular formula is C12H25N3O2. The van der Waals surface area contributed by atoms with Crippen LogP contribution in [0.4, 0.5) is 0 Å². The van der Waals surface area contributed by atoms with Crippen LogP contribution in [0.25, 0.3) is 0 Å². The molecule has 2 N–H and O–H groups in total. The molecule has 1 saturated heterocycles. The average molecular weight is 243 g/mol. The Bertz CT molecular complexity index is 240. The van der Waals surface area contributed by atoms with E-state index >= 15 is 0 Å². The quantitative estimate of drug-likeness (QED) is 0.684. The van der Waals surface area contributed by atoms with E-state index in [1.54, 1.807) is 0 Å². The molecular weight excluding hydrogens is 218 g/mol. The molecule has 0 saturated carbocycles. The first-order valence-electron chi connectivity index (χ1n) is 6.26. The first-order chi connectivity index (χ1) is 8.04. The number of nitrogens with two attached hydrogens (primary N) is 1. The lowest BCUT2D eigenvalue weighted by Crippen LogP contribution is -2.44. The summed E-state index contributed by atoms with van der Waals surface area (Å²) in [6, 6.07) is 0.129. The van der Waals surface area contributed by atoms with Crippen LogP contribution in [0.1, 0.15) is 19.3 Å². The van der Waals surface area contributed by atoms with Gasteiger partial charge in [0, 0.05) is 12.6 Å². The molecule has 1 rings (SSSR count). The zero-order valence-electron chi connectivity index (χ0n) is 11.2. The van der Waals surface area contributed by atoms with E-state index in [-0.39, 0.29) is 5.97 Å². The molecule has 1 atom stereocenters. The van der Waals surface area contributed by atoms with E-state index < -0.39 is 6.04 Å². The van der Waals surface area contributed by atoms with E-state index in [1.807, 2.05) is 0 Å². The molecule has 17 heavy (non-hydrogen) atoms. The number of methoxy groups -OCH3 is 1. The molecule has 0 radical (unpaired) electrons. The molecule has 0 aromatic heterocycles. The second-order valence-electron chi connectivity index (χ2n) is 4.93. The molecule has 1 fully saturated rings. The van der Waals surface area contributed by atoms with Gasteiger partial charge in [0.15, 0.2) is 0 Å². The molecule has 0 aromatic carbocycles. The Hall–Kier alpha value is -0.650. The topological polar surface area (TPSA) is 58.8 Å². The second kappa shape index (κ2) is 6.93. The summed E-state index contributed by atoms with van der Waals surface area (Å²) in [5.41, 5.74) is 5.72. The Morgan fingerprint density at radius 3 is 2.65 bits per heavy atom. The van der Waals surface area contributed by atoms with Crippen LogP contribution >= 0.6 is 0 Å². The summed E-state index contributed by atoms with van der Waals surface area (Å²) in [6.07, 6.45) is 3.05. The minimum absolute atomic E-state index is 0.318. The van der Waals surface area contributed by atoms with Crippen molar-refractivity contribution < 1.29 is 9.53 Å². The lowest BCUT2D eigenvalue weighted by Gasteiger charge is -2.35. The van der Waals surface area contributed by atoms with Crippen LogP contribution < -0.4 is 5.73 Å². The molecule has 1 aliphatic heterocycles. The fourth-order valence-electron chi connectivity index (χ4n) is 2.23. The molecule has 0 aliphatic carbocycles. The van der Waals surface area contributed by atoms with Crippen LogP contribution in [0.15, 0.2) is 0 Å². The Balaban J connectivity index is 2.25. The molecule has 1 unspecified atom stereocenters. The van der Waals surface area contributed by atoms with E-state index in [4.69, 9.17) is 5.73 Å². The third kappa shape index (κ3) is 4.61. The van der Waals surface area contributed by atoms with Gasteiger partial charge in [-0.2, -0.15) is 0 Å². The minimum Gasteiger partial charge on any atom is -0.468 e. The second-order valence-corrected chi connectivity index (χ2v) is 4.93. The van der Waals surface area contributed by atoms with Crippen LogP contribution in [0, 0.1) is 0 Å². The highest BCUT2D eigenvalue weighted by atomic mass is 16.5. The molecule has 0 spiro atoms. The summed E-state index contributed by atoms with van der Waals surface area (Å²) in [4.78, 5) is 15.8. The van der Waals surface area contributed by atoms with Gasteiger partial charge in [-0.05, 0) is 46.4 Å². The van der Waals surface area contributed by atoms with Gasteiger partial charge in [0.05, 0.1) is 7.11 Å². The van der Waals surface area contributed by atoms with E-state index in [1.165, 1.54) is 20.0 Å². The molecule has 1 aliphatic rings. The van der Waals surface area contributed by atoms with Crippen LogP contribution in [0.5, 0.6) is 0 Å². The first kappa shape index (κ1) is 14.4. The summed E-state index contributed by atoms with van der Waals surface area (Å²) in [5.74, 6) is -0.318. The number of piperidine rings is 1. The minimum atomic E-state index is -0.492. The lowest BCUT2D eigenvalue weighted by atomic mass is 10.0. The normalized spacial score (nSPS) is 20.5. The van der Waals surface area contributed by atoms with Gasteiger partial charge in [-0.3, -0.25) is 4.79 Å². The van der Waals surface area contributed by atoms with Gasteiger partial charge in [0.25, 0.3) is 0 Å². The van der Waals surface area contributed by atoms with E-state index in [9.17, 15) is 4.79 Å². The number of ether oxygens (including phenoxy) is 1. The number of hydrogen-bond donors (Lipinski definition) is 1. The van der Waals surface area contributed by atoms with E-state index in [0.717, 1.165) is 19.6 Å². The van der Waals surface area contributed by atoms with Crippen molar-refractivity contribution in [3.63, 3.8) is 0 Å². The fourth-order valence-corrected chi connectivity index (χ4v) is 2.23. The maximum absolute atomic E-state index is 11.2. The summed E-state index contributed by atoms with van der Waals surface area (Å²) in [5, 5.41) is 0. The summed E-state index contributed by atoms with van der Waals surface area (Å²) < 4.78 is 4.61. The van der Waals surface area contributed by atoms with Gasteiger partial charge >= 0.3 is 5.97 Å². The van der Waals surface area contributed by atoms with Crippen molar-refractivity contribution in [2.24, 2.45) is 5.73 Å². The monoisotopic (exact) mass is 243 g/mol. The number of carbonyl (C=O) groups excluding carboxylic acids is 1. The van der Waals surface area contributed by atoms with Crippen LogP contribution in [0.3, 0.4) is 0 Å². The molecule has 5 nitrogen and oxygen atoms in total. The van der Waals surface area contributed by atoms with Gasteiger partial charge in [-0.1, -0.05) is 0 Å². The number of rotatable bonds is 5. The van der Waals surface area contributed by atoms with Crippen molar-refractivity contribution in [3.05, 3.63) is 0 Å². The Morgan fingerprint density at radius 1 is 1.53 bits per heavy atom. The summed E-state index contributed by atoms with van der Waals surface area (Å²) in [6.45, 7) is 3.15. The summed E-state index contributed by atoms with van der Waals surface area (Å²) in [7, 11) is 5.65. The van der Waals surface area contributed by atoms with Gasteiger partial charge in [0.2, 0.25) is 0 Å². The number of hydrogen-bond acceptors (Lipinski definition) is 5. The predicted molar refractivity (Wildman–Crippen MR) is 67.8 cm³/mol. The van der Waals surface area contributed by atoms with E-state index in [0.29, 0.717) is 12.5 Å². The maximum atomic E-state index is 11.2. The molecule has 0 bridgehead atoms. The Labute approximate surface area is 104 Å².